The van der Waals surface area contributed by atoms with E-state index in [1.807, 2.05) is 0 Å². The van der Waals surface area contributed by atoms with Crippen LogP contribution in [0.5, 0.6) is 0 Å². The Bertz CT molecular complexity index is 85.3. The van der Waals surface area contributed by atoms with Crippen molar-refractivity contribution in [3.05, 3.63) is 0 Å². The predicted molar refractivity (Wildman–Crippen MR) is 45.4 cm³/mol. The Labute approximate surface area is 64.6 Å². The molecule has 1 saturated carbocycles. The summed E-state index contributed by atoms with van der Waals surface area (Å²) in [6.07, 6.45) is 10.4. The minimum Gasteiger partial charge on any atom is -0.0800 e. The van der Waals surface area contributed by atoms with Gasteiger partial charge in [-0.2, -0.15) is 0 Å². The van der Waals surface area contributed by atoms with E-state index in [-0.39, 0.29) is 0 Å². The fraction of sp³-hybridized carbons (Fsp3) is 1.00. The maximum absolute atomic E-state index is 2.51. The van der Waals surface area contributed by atoms with E-state index in [1.54, 1.807) is 6.42 Å². The van der Waals surface area contributed by atoms with Crippen LogP contribution < -0.4 is 0 Å². The molecule has 0 N–H and O–H groups in total. The van der Waals surface area contributed by atoms with E-state index in [2.05, 4.69) is 7.28 Å². The van der Waals surface area contributed by atoms with Crippen molar-refractivity contribution in [1.82, 2.24) is 0 Å². The van der Waals surface area contributed by atoms with E-state index >= 15 is 0 Å². The average molecular weight is 135 g/mol. The molecule has 0 aromatic carbocycles. The molecule has 1 aliphatic carbocycles. The second-order valence-electron chi connectivity index (χ2n) is 3.91. The smallest absolute Gasteiger partial charge is 0.0800 e. The largest absolute Gasteiger partial charge is 0.109 e. The molecule has 2 aliphatic rings. The minimum atomic E-state index is 1.10. The molecule has 0 spiro atoms. The molecular weight excluding hydrogens is 119 g/mol. The third-order valence-electron chi connectivity index (χ3n) is 3.28. The SMILES string of the molecule is [B]1CCC2CCCC[C@@H]2C1. The van der Waals surface area contributed by atoms with Crippen LogP contribution >= 0.6 is 0 Å². The number of hydrogen-bond acceptors (Lipinski definition) is 0. The minimum absolute atomic E-state index is 1.10. The molecule has 2 rings (SSSR count). The summed E-state index contributed by atoms with van der Waals surface area (Å²) >= 11 is 0. The zero-order valence-electron chi connectivity index (χ0n) is 6.68. The summed E-state index contributed by atoms with van der Waals surface area (Å²) in [7, 11) is 2.51. The molecule has 10 heavy (non-hydrogen) atoms. The summed E-state index contributed by atoms with van der Waals surface area (Å²) in [5, 5.41) is 0. The number of fused-ring (bicyclic) bond motifs is 1. The maximum Gasteiger partial charge on any atom is 0.109 e. The van der Waals surface area contributed by atoms with Crippen LogP contribution in [0.3, 0.4) is 0 Å². The van der Waals surface area contributed by atoms with Gasteiger partial charge in [-0.25, -0.2) is 0 Å². The van der Waals surface area contributed by atoms with Gasteiger partial charge in [0.25, 0.3) is 0 Å². The van der Waals surface area contributed by atoms with Gasteiger partial charge >= 0.3 is 0 Å². The fourth-order valence-electron chi connectivity index (χ4n) is 2.64. The quantitative estimate of drug-likeness (QED) is 0.448. The highest BCUT2D eigenvalue weighted by Gasteiger charge is 2.27. The van der Waals surface area contributed by atoms with Gasteiger partial charge in [-0.1, -0.05) is 44.7 Å². The molecule has 0 aromatic rings. The molecule has 0 amide bonds. The van der Waals surface area contributed by atoms with Crippen molar-refractivity contribution in [1.29, 1.82) is 0 Å². The van der Waals surface area contributed by atoms with Crippen LogP contribution in [-0.2, 0) is 0 Å². The van der Waals surface area contributed by atoms with Crippen LogP contribution in [-0.4, -0.2) is 7.28 Å². The molecule has 1 aliphatic heterocycles. The molecule has 0 aromatic heterocycles. The molecule has 1 heteroatoms. The van der Waals surface area contributed by atoms with Gasteiger partial charge in [-0.15, -0.1) is 0 Å². The first-order valence-corrected chi connectivity index (χ1v) is 4.78. The average Bonchev–Trinajstić information content (AvgIpc) is 2.05. The van der Waals surface area contributed by atoms with E-state index < -0.39 is 0 Å². The second kappa shape index (κ2) is 2.98. The highest BCUT2D eigenvalue weighted by atomic mass is 14.3. The van der Waals surface area contributed by atoms with Crippen molar-refractivity contribution in [3.63, 3.8) is 0 Å². The Hall–Kier alpha value is 0.0649. The van der Waals surface area contributed by atoms with Crippen molar-refractivity contribution in [2.45, 2.75) is 44.7 Å². The third-order valence-corrected chi connectivity index (χ3v) is 3.28. The first kappa shape index (κ1) is 6.76. The van der Waals surface area contributed by atoms with Crippen LogP contribution in [0, 0.1) is 11.8 Å². The molecular formula is C9H16B. The lowest BCUT2D eigenvalue weighted by Gasteiger charge is -2.35. The van der Waals surface area contributed by atoms with Crippen molar-refractivity contribution in [2.75, 3.05) is 0 Å². The van der Waals surface area contributed by atoms with Crippen LogP contribution in [0.25, 0.3) is 0 Å². The van der Waals surface area contributed by atoms with Gasteiger partial charge in [0, 0.05) is 0 Å². The molecule has 0 nitrogen and oxygen atoms in total. The Morgan fingerprint density at radius 2 is 1.70 bits per heavy atom. The van der Waals surface area contributed by atoms with Gasteiger partial charge < -0.3 is 0 Å². The number of rotatable bonds is 0. The van der Waals surface area contributed by atoms with E-state index in [9.17, 15) is 0 Å². The van der Waals surface area contributed by atoms with Crippen LogP contribution in [0.4, 0.5) is 0 Å². The summed E-state index contributed by atoms with van der Waals surface area (Å²) in [5.41, 5.74) is 0. The highest BCUT2D eigenvalue weighted by Crippen LogP contribution is 2.38. The van der Waals surface area contributed by atoms with Gasteiger partial charge in [0.1, 0.15) is 7.28 Å². The second-order valence-corrected chi connectivity index (χ2v) is 3.91. The van der Waals surface area contributed by atoms with Crippen LogP contribution in [0.1, 0.15) is 32.1 Å². The molecule has 2 fully saturated rings. The van der Waals surface area contributed by atoms with Crippen molar-refractivity contribution in [2.24, 2.45) is 11.8 Å². The lowest BCUT2D eigenvalue weighted by Crippen LogP contribution is -2.24. The summed E-state index contributed by atoms with van der Waals surface area (Å²) in [5.74, 6) is 2.22. The first-order valence-electron chi connectivity index (χ1n) is 4.78. The van der Waals surface area contributed by atoms with Crippen molar-refractivity contribution >= 4 is 7.28 Å². The molecule has 1 unspecified atom stereocenters. The Balaban J connectivity index is 1.93. The standard InChI is InChI=1S/C9H16B/c1-2-4-9-7-10-6-5-8(9)3-1/h8-9H,1-7H2/t8?,9-/m1/s1. The summed E-state index contributed by atoms with van der Waals surface area (Å²) < 4.78 is 0. The van der Waals surface area contributed by atoms with E-state index in [0.717, 1.165) is 11.8 Å². The Kier molecular flexibility index (Phi) is 2.01. The van der Waals surface area contributed by atoms with Gasteiger partial charge in [-0.05, 0) is 11.8 Å². The van der Waals surface area contributed by atoms with Crippen LogP contribution in [0.2, 0.25) is 12.6 Å². The predicted octanol–water partition coefficient (Wildman–Crippen LogP) is 2.74. The Morgan fingerprint density at radius 1 is 0.900 bits per heavy atom. The molecule has 55 valence electrons. The van der Waals surface area contributed by atoms with Gasteiger partial charge in [-0.3, -0.25) is 0 Å². The van der Waals surface area contributed by atoms with E-state index in [4.69, 9.17) is 0 Å². The number of hydrogen-bond donors (Lipinski definition) is 0. The molecule has 1 radical (unpaired) electrons. The van der Waals surface area contributed by atoms with Gasteiger partial charge in [0.15, 0.2) is 0 Å². The summed E-state index contributed by atoms with van der Waals surface area (Å²) in [6.45, 7) is 0. The molecule has 1 saturated heterocycles. The van der Waals surface area contributed by atoms with Crippen molar-refractivity contribution in [3.8, 4) is 0 Å². The van der Waals surface area contributed by atoms with E-state index in [1.165, 1.54) is 38.3 Å². The zero-order chi connectivity index (χ0) is 6.81. The fourth-order valence-corrected chi connectivity index (χ4v) is 2.64. The lowest BCUT2D eigenvalue weighted by molar-refractivity contribution is 0.239. The molecule has 1 heterocycles. The Morgan fingerprint density at radius 3 is 2.50 bits per heavy atom. The molecule has 0 bridgehead atoms. The van der Waals surface area contributed by atoms with Crippen molar-refractivity contribution < 1.29 is 0 Å². The third kappa shape index (κ3) is 1.23. The first-order chi connectivity index (χ1) is 4.97. The normalized spacial score (nSPS) is 40.0. The summed E-state index contributed by atoms with van der Waals surface area (Å²) in [6, 6.07) is 0. The van der Waals surface area contributed by atoms with E-state index in [0.29, 0.717) is 0 Å². The summed E-state index contributed by atoms with van der Waals surface area (Å²) in [4.78, 5) is 0. The topological polar surface area (TPSA) is 0 Å². The van der Waals surface area contributed by atoms with Gasteiger partial charge in [0.05, 0.1) is 0 Å². The highest BCUT2D eigenvalue weighted by molar-refractivity contribution is 6.35. The van der Waals surface area contributed by atoms with Gasteiger partial charge in [0.2, 0.25) is 0 Å². The lowest BCUT2D eigenvalue weighted by atomic mass is 9.54. The zero-order valence-corrected chi connectivity index (χ0v) is 6.68. The van der Waals surface area contributed by atoms with Crippen LogP contribution in [0.15, 0.2) is 0 Å². The monoisotopic (exact) mass is 135 g/mol. The maximum atomic E-state index is 2.51. The molecule has 2 atom stereocenters.